The van der Waals surface area contributed by atoms with E-state index >= 15 is 0 Å². The average molecular weight is 363 g/mol. The van der Waals surface area contributed by atoms with Gasteiger partial charge in [0.15, 0.2) is 0 Å². The first kappa shape index (κ1) is 17.1. The van der Waals surface area contributed by atoms with Crippen LogP contribution in [0, 0.1) is 6.92 Å². The van der Waals surface area contributed by atoms with Crippen LogP contribution in [-0.2, 0) is 14.8 Å². The smallest absolute Gasteiger partial charge is 0.242 e. The second kappa shape index (κ2) is 5.83. The fourth-order valence-corrected chi connectivity index (χ4v) is 2.41. The van der Waals surface area contributed by atoms with Crippen LogP contribution in [0.4, 0.5) is 5.69 Å². The van der Waals surface area contributed by atoms with Crippen molar-refractivity contribution < 1.29 is 13.2 Å². The third kappa shape index (κ3) is 3.80. The molecule has 0 saturated carbocycles. The van der Waals surface area contributed by atoms with Gasteiger partial charge >= 0.3 is 0 Å². The minimum Gasteiger partial charge on any atom is -0.325 e. The van der Waals surface area contributed by atoms with Crippen LogP contribution in [0.3, 0.4) is 0 Å². The van der Waals surface area contributed by atoms with Gasteiger partial charge in [0.05, 0.1) is 9.22 Å². The number of sulfonamides is 1. The molecule has 0 radical (unpaired) electrons. The zero-order chi connectivity index (χ0) is 15.7. The molecular weight excluding hydrogens is 344 g/mol. The summed E-state index contributed by atoms with van der Waals surface area (Å²) in [6.45, 7) is 5.25. The highest BCUT2D eigenvalue weighted by molar-refractivity contribution is 9.10. The highest BCUT2D eigenvalue weighted by atomic mass is 79.9. The number of hydrogen-bond acceptors (Lipinski definition) is 3. The maximum Gasteiger partial charge on any atom is 0.242 e. The first-order valence-corrected chi connectivity index (χ1v) is 8.23. The van der Waals surface area contributed by atoms with Gasteiger partial charge in [-0.1, -0.05) is 22.0 Å². The molecule has 1 rings (SSSR count). The zero-order valence-electron chi connectivity index (χ0n) is 12.2. The lowest BCUT2D eigenvalue weighted by Crippen LogP contribution is -2.31. The van der Waals surface area contributed by atoms with E-state index in [-0.39, 0.29) is 10.8 Å². The van der Waals surface area contributed by atoms with Crippen LogP contribution in [0.5, 0.6) is 0 Å². The number of carbonyl (C=O) groups is 1. The molecule has 0 unspecified atom stereocenters. The summed E-state index contributed by atoms with van der Waals surface area (Å²) in [5, 5.41) is 2.73. The molecule has 0 aromatic heterocycles. The third-order valence-electron chi connectivity index (χ3n) is 2.78. The highest BCUT2D eigenvalue weighted by Crippen LogP contribution is 2.24. The molecular formula is C13H19BrN2O3S. The van der Waals surface area contributed by atoms with E-state index < -0.39 is 14.3 Å². The largest absolute Gasteiger partial charge is 0.325 e. The molecule has 0 aliphatic carbocycles. The first-order valence-electron chi connectivity index (χ1n) is 6.00. The number of rotatable bonds is 4. The Labute approximate surface area is 128 Å². The number of benzene rings is 1. The van der Waals surface area contributed by atoms with Crippen LogP contribution in [0.15, 0.2) is 23.1 Å². The van der Waals surface area contributed by atoms with Crippen molar-refractivity contribution in [2.75, 3.05) is 19.4 Å². The van der Waals surface area contributed by atoms with Gasteiger partial charge in [-0.05, 0) is 38.5 Å². The zero-order valence-corrected chi connectivity index (χ0v) is 14.6. The lowest BCUT2D eigenvalue weighted by Gasteiger charge is -2.18. The van der Waals surface area contributed by atoms with Crippen LogP contribution in [0.2, 0.25) is 0 Å². The lowest BCUT2D eigenvalue weighted by molar-refractivity contribution is -0.117. The second-order valence-electron chi connectivity index (χ2n) is 5.19. The number of alkyl halides is 1. The average Bonchev–Trinajstić information content (AvgIpc) is 2.30. The van der Waals surface area contributed by atoms with E-state index in [1.165, 1.54) is 26.2 Å². The Hall–Kier alpha value is -0.920. The number of amides is 1. The molecule has 0 spiro atoms. The van der Waals surface area contributed by atoms with Gasteiger partial charge < -0.3 is 5.32 Å². The molecule has 5 nitrogen and oxygen atoms in total. The topological polar surface area (TPSA) is 66.5 Å². The third-order valence-corrected chi connectivity index (χ3v) is 4.95. The van der Waals surface area contributed by atoms with E-state index in [0.29, 0.717) is 5.69 Å². The monoisotopic (exact) mass is 362 g/mol. The number of nitrogens with one attached hydrogen (secondary N) is 1. The Morgan fingerprint density at radius 3 is 2.30 bits per heavy atom. The Morgan fingerprint density at radius 2 is 1.85 bits per heavy atom. The molecule has 0 bridgehead atoms. The fraction of sp³-hybridized carbons (Fsp3) is 0.462. The summed E-state index contributed by atoms with van der Waals surface area (Å²) in [7, 11) is -0.583. The molecule has 7 heteroatoms. The standard InChI is InChI=1S/C13H19BrN2O3S/c1-9-6-7-10(20(18,19)16(4)5)8-11(9)15-12(17)13(2,3)14/h6-8H,1-5H3,(H,15,17). The Morgan fingerprint density at radius 1 is 1.30 bits per heavy atom. The predicted octanol–water partition coefficient (Wildman–Crippen LogP) is 2.36. The van der Waals surface area contributed by atoms with Crippen LogP contribution in [-0.4, -0.2) is 37.0 Å². The van der Waals surface area contributed by atoms with Crippen molar-refractivity contribution in [3.63, 3.8) is 0 Å². The summed E-state index contributed by atoms with van der Waals surface area (Å²) < 4.78 is 24.6. The molecule has 1 aromatic carbocycles. The van der Waals surface area contributed by atoms with Crippen molar-refractivity contribution in [3.05, 3.63) is 23.8 Å². The fourth-order valence-electron chi connectivity index (χ4n) is 1.38. The van der Waals surface area contributed by atoms with Gasteiger partial charge in [-0.15, -0.1) is 0 Å². The number of anilines is 1. The van der Waals surface area contributed by atoms with Gasteiger partial charge in [-0.2, -0.15) is 0 Å². The molecule has 0 atom stereocenters. The molecule has 0 heterocycles. The van der Waals surface area contributed by atoms with Crippen molar-refractivity contribution in [1.29, 1.82) is 0 Å². The molecule has 1 aromatic rings. The minimum absolute atomic E-state index is 0.149. The highest BCUT2D eigenvalue weighted by Gasteiger charge is 2.25. The van der Waals surface area contributed by atoms with Gasteiger partial charge in [0.25, 0.3) is 0 Å². The maximum absolute atomic E-state index is 12.1. The Bertz CT molecular complexity index is 619. The van der Waals surface area contributed by atoms with Gasteiger partial charge in [-0.25, -0.2) is 12.7 Å². The number of hydrogen-bond donors (Lipinski definition) is 1. The van der Waals surface area contributed by atoms with Gasteiger partial charge in [0.1, 0.15) is 0 Å². The summed E-state index contributed by atoms with van der Waals surface area (Å²) in [4.78, 5) is 12.1. The summed E-state index contributed by atoms with van der Waals surface area (Å²) in [6, 6.07) is 4.67. The molecule has 0 aliphatic heterocycles. The molecule has 112 valence electrons. The Kier molecular flexibility index (Phi) is 4.99. The summed E-state index contributed by atoms with van der Waals surface area (Å²) in [5.41, 5.74) is 1.29. The SMILES string of the molecule is Cc1ccc(S(=O)(=O)N(C)C)cc1NC(=O)C(C)(C)Br. The van der Waals surface area contributed by atoms with E-state index in [9.17, 15) is 13.2 Å². The van der Waals surface area contributed by atoms with E-state index in [1.807, 2.05) is 6.92 Å². The molecule has 0 fully saturated rings. The van der Waals surface area contributed by atoms with Crippen molar-refractivity contribution in [3.8, 4) is 0 Å². The van der Waals surface area contributed by atoms with Crippen molar-refractivity contribution >= 4 is 37.5 Å². The summed E-state index contributed by atoms with van der Waals surface area (Å²) in [6.07, 6.45) is 0. The van der Waals surface area contributed by atoms with Crippen LogP contribution >= 0.6 is 15.9 Å². The number of halogens is 1. The lowest BCUT2D eigenvalue weighted by atomic mass is 10.1. The second-order valence-corrected chi connectivity index (χ2v) is 9.33. The summed E-state index contributed by atoms with van der Waals surface area (Å²) >= 11 is 3.27. The maximum atomic E-state index is 12.1. The predicted molar refractivity (Wildman–Crippen MR) is 83.7 cm³/mol. The molecule has 0 saturated heterocycles. The van der Waals surface area contributed by atoms with Crippen LogP contribution < -0.4 is 5.32 Å². The van der Waals surface area contributed by atoms with Crippen molar-refractivity contribution in [2.24, 2.45) is 0 Å². The molecule has 20 heavy (non-hydrogen) atoms. The van der Waals surface area contributed by atoms with Gasteiger partial charge in [-0.3, -0.25) is 4.79 Å². The molecule has 1 amide bonds. The summed E-state index contributed by atoms with van der Waals surface area (Å²) in [5.74, 6) is -0.236. The quantitative estimate of drug-likeness (QED) is 0.836. The van der Waals surface area contributed by atoms with Crippen LogP contribution in [0.1, 0.15) is 19.4 Å². The van der Waals surface area contributed by atoms with E-state index in [2.05, 4.69) is 21.2 Å². The normalized spacial score (nSPS) is 12.6. The van der Waals surface area contributed by atoms with Gasteiger partial charge in [0.2, 0.25) is 15.9 Å². The van der Waals surface area contributed by atoms with E-state index in [1.54, 1.807) is 19.9 Å². The van der Waals surface area contributed by atoms with Crippen LogP contribution in [0.25, 0.3) is 0 Å². The van der Waals surface area contributed by atoms with E-state index in [0.717, 1.165) is 9.87 Å². The Balaban J connectivity index is 3.21. The van der Waals surface area contributed by atoms with Crippen molar-refractivity contribution in [2.45, 2.75) is 30.0 Å². The van der Waals surface area contributed by atoms with E-state index in [4.69, 9.17) is 0 Å². The first-order chi connectivity index (χ1) is 8.96. The minimum atomic E-state index is -3.52. The molecule has 1 N–H and O–H groups in total. The van der Waals surface area contributed by atoms with Gasteiger partial charge in [0, 0.05) is 19.8 Å². The number of carbonyl (C=O) groups excluding carboxylic acids is 1. The number of nitrogens with zero attached hydrogens (tertiary/aromatic N) is 1. The number of aryl methyl sites for hydroxylation is 1. The van der Waals surface area contributed by atoms with Crippen molar-refractivity contribution in [1.82, 2.24) is 4.31 Å². The molecule has 0 aliphatic rings.